The highest BCUT2D eigenvalue weighted by Gasteiger charge is 2.92. The molecule has 6 fully saturated rings. The lowest BCUT2D eigenvalue weighted by Crippen LogP contribution is -2.83. The maximum absolute atomic E-state index is 12.7. The number of hydrogen-bond donors (Lipinski definition) is 5. The summed E-state index contributed by atoms with van der Waals surface area (Å²) in [5.41, 5.74) is -5.87. The SMILES string of the molecule is CCN1C[C@]2(O)[C@H](O)C[C@H](O)[C@]34[C@@H]5C[C@H]6[C@H](OC)[C@@H]5[C@](O)(C[C@@H]6OC)[C@@](O)([C@H]13)[C@@H](OC)[C@H]24. The van der Waals surface area contributed by atoms with Crippen LogP contribution in [0.1, 0.15) is 26.2 Å². The van der Waals surface area contributed by atoms with Gasteiger partial charge in [0.05, 0.1) is 36.6 Å². The Labute approximate surface area is 188 Å². The van der Waals surface area contributed by atoms with Crippen LogP contribution in [0.3, 0.4) is 0 Å². The molecule has 1 aliphatic heterocycles. The smallest absolute Gasteiger partial charge is 0.136 e. The van der Waals surface area contributed by atoms with Crippen molar-refractivity contribution in [2.45, 2.75) is 79.6 Å². The van der Waals surface area contributed by atoms with Crippen molar-refractivity contribution in [2.24, 2.45) is 29.1 Å². The lowest BCUT2D eigenvalue weighted by molar-refractivity contribution is -0.329. The molecular weight excluding hydrogens is 418 g/mol. The molecule has 0 radical (unpaired) electrons. The van der Waals surface area contributed by atoms with E-state index in [9.17, 15) is 25.5 Å². The van der Waals surface area contributed by atoms with Gasteiger partial charge >= 0.3 is 0 Å². The Balaban J connectivity index is 1.68. The molecule has 0 aromatic heterocycles. The highest BCUT2D eigenvalue weighted by Crippen LogP contribution is 2.78. The van der Waals surface area contributed by atoms with Gasteiger partial charge in [-0.15, -0.1) is 0 Å². The first-order valence-corrected chi connectivity index (χ1v) is 12.0. The zero-order valence-electron chi connectivity index (χ0n) is 19.2. The van der Waals surface area contributed by atoms with Crippen molar-refractivity contribution in [1.29, 1.82) is 0 Å². The maximum atomic E-state index is 12.7. The van der Waals surface area contributed by atoms with Crippen molar-refractivity contribution in [3.63, 3.8) is 0 Å². The zero-order valence-corrected chi connectivity index (χ0v) is 19.2. The summed E-state index contributed by atoms with van der Waals surface area (Å²) in [6.45, 7) is 2.60. The molecule has 14 atom stereocenters. The second-order valence-corrected chi connectivity index (χ2v) is 11.3. The summed E-state index contributed by atoms with van der Waals surface area (Å²) >= 11 is 0. The van der Waals surface area contributed by atoms with Crippen LogP contribution >= 0.6 is 0 Å². The third kappa shape index (κ3) is 1.92. The lowest BCUT2D eigenvalue weighted by Gasteiger charge is -2.69. The summed E-state index contributed by atoms with van der Waals surface area (Å²) < 4.78 is 17.7. The van der Waals surface area contributed by atoms with Crippen LogP contribution < -0.4 is 0 Å². The monoisotopic (exact) mass is 455 g/mol. The Morgan fingerprint density at radius 1 is 0.969 bits per heavy atom. The molecule has 0 amide bonds. The number of aliphatic hydroxyl groups is 5. The third-order valence-corrected chi connectivity index (χ3v) is 11.0. The molecule has 7 bridgehead atoms. The molecule has 6 aliphatic rings. The number of ether oxygens (including phenoxy) is 3. The number of β-amino-alcohol motifs (C(OH)–C–C–N with tert-alkyl or cyclic N) is 1. The Hall–Kier alpha value is -0.360. The second-order valence-electron chi connectivity index (χ2n) is 11.3. The van der Waals surface area contributed by atoms with Crippen molar-refractivity contribution >= 4 is 0 Å². The fourth-order valence-electron chi connectivity index (χ4n) is 10.3. The highest BCUT2D eigenvalue weighted by molar-refractivity contribution is 5.42. The first kappa shape index (κ1) is 22.1. The van der Waals surface area contributed by atoms with Crippen molar-refractivity contribution in [3.05, 3.63) is 0 Å². The molecule has 1 saturated heterocycles. The van der Waals surface area contributed by atoms with E-state index in [-0.39, 0.29) is 43.4 Å². The number of methoxy groups -OCH3 is 3. The number of likely N-dealkylation sites (N-methyl/N-ethyl adjacent to an activating group) is 1. The summed E-state index contributed by atoms with van der Waals surface area (Å²) in [5.74, 6) is -1.35. The first-order valence-electron chi connectivity index (χ1n) is 12.0. The van der Waals surface area contributed by atoms with E-state index in [0.29, 0.717) is 13.0 Å². The maximum Gasteiger partial charge on any atom is 0.136 e. The highest BCUT2D eigenvalue weighted by atomic mass is 16.5. The summed E-state index contributed by atoms with van der Waals surface area (Å²) in [5, 5.41) is 60.0. The molecule has 6 rings (SSSR count). The van der Waals surface area contributed by atoms with E-state index >= 15 is 0 Å². The molecule has 5 aliphatic carbocycles. The minimum Gasteiger partial charge on any atom is -0.392 e. The van der Waals surface area contributed by atoms with Gasteiger partial charge in [0.15, 0.2) is 0 Å². The molecule has 32 heavy (non-hydrogen) atoms. The van der Waals surface area contributed by atoms with Gasteiger partial charge in [-0.05, 0) is 18.9 Å². The molecule has 0 aromatic carbocycles. The minimum atomic E-state index is -1.78. The average molecular weight is 456 g/mol. The normalized spacial score (nSPS) is 64.8. The molecular formula is C23H37NO8. The lowest BCUT2D eigenvalue weighted by atomic mass is 9.44. The quantitative estimate of drug-likeness (QED) is 0.338. The van der Waals surface area contributed by atoms with Gasteiger partial charge in [0.1, 0.15) is 16.8 Å². The largest absolute Gasteiger partial charge is 0.392 e. The predicted molar refractivity (Wildman–Crippen MR) is 111 cm³/mol. The first-order chi connectivity index (χ1) is 15.1. The Kier molecular flexibility index (Phi) is 4.45. The van der Waals surface area contributed by atoms with Gasteiger partial charge in [-0.1, -0.05) is 6.92 Å². The topological polar surface area (TPSA) is 132 Å². The predicted octanol–water partition coefficient (Wildman–Crippen LogP) is -1.66. The van der Waals surface area contributed by atoms with Crippen LogP contribution in [0.4, 0.5) is 0 Å². The third-order valence-electron chi connectivity index (χ3n) is 11.0. The number of rotatable bonds is 4. The Morgan fingerprint density at radius 2 is 1.69 bits per heavy atom. The van der Waals surface area contributed by atoms with E-state index in [1.807, 2.05) is 11.8 Å². The van der Waals surface area contributed by atoms with E-state index in [1.54, 1.807) is 14.2 Å². The standard InChI is InChI=1S/C23H37NO8/c1-5-24-9-20(27)13(25)7-14(26)22-11-6-10-12(30-2)8-21(28,15(11)16(10)31-3)23(29,19(22)24)18(32-4)17(20)22/h10-19,25-29H,5-9H2,1-4H3/t10-,11-,12+,13-,14+,15-,16+,17-,18+,19-,20+,21-,22+,23+/m1/s1. The summed E-state index contributed by atoms with van der Waals surface area (Å²) in [4.78, 5) is 1.96. The Bertz CT molecular complexity index is 815. The van der Waals surface area contributed by atoms with Crippen LogP contribution in [-0.4, -0.2) is 118 Å². The van der Waals surface area contributed by atoms with Crippen LogP contribution in [0, 0.1) is 29.1 Å². The van der Waals surface area contributed by atoms with Gasteiger partial charge in [0.25, 0.3) is 0 Å². The fourth-order valence-corrected chi connectivity index (χ4v) is 10.3. The van der Waals surface area contributed by atoms with Crippen LogP contribution in [0.25, 0.3) is 0 Å². The number of likely N-dealkylation sites (tertiary alicyclic amines) is 1. The van der Waals surface area contributed by atoms with Gasteiger partial charge in [0.2, 0.25) is 0 Å². The number of piperidine rings is 1. The molecule has 5 N–H and O–H groups in total. The van der Waals surface area contributed by atoms with Crippen molar-refractivity contribution in [1.82, 2.24) is 4.90 Å². The molecule has 182 valence electrons. The van der Waals surface area contributed by atoms with Crippen LogP contribution in [-0.2, 0) is 14.2 Å². The summed E-state index contributed by atoms with van der Waals surface area (Å²) in [6, 6.07) is -0.615. The average Bonchev–Trinajstić information content (AvgIpc) is 3.19. The second kappa shape index (κ2) is 6.44. The summed E-state index contributed by atoms with van der Waals surface area (Å²) in [7, 11) is 4.73. The van der Waals surface area contributed by atoms with Gasteiger partial charge in [-0.25, -0.2) is 0 Å². The van der Waals surface area contributed by atoms with E-state index < -0.39 is 58.4 Å². The molecule has 0 aromatic rings. The summed E-state index contributed by atoms with van der Waals surface area (Å²) in [6.07, 6.45) is -2.79. The molecule has 1 spiro atoms. The molecule has 0 unspecified atom stereocenters. The van der Waals surface area contributed by atoms with Gasteiger partial charge in [-0.3, -0.25) is 4.90 Å². The van der Waals surface area contributed by atoms with Gasteiger partial charge in [0, 0.05) is 63.9 Å². The van der Waals surface area contributed by atoms with Crippen LogP contribution in [0.2, 0.25) is 0 Å². The van der Waals surface area contributed by atoms with Crippen molar-refractivity contribution < 1.29 is 39.7 Å². The number of hydrogen-bond acceptors (Lipinski definition) is 9. The van der Waals surface area contributed by atoms with E-state index in [1.165, 1.54) is 7.11 Å². The number of fused-ring (bicyclic) bond motifs is 2. The van der Waals surface area contributed by atoms with Gasteiger partial charge < -0.3 is 39.7 Å². The van der Waals surface area contributed by atoms with E-state index in [2.05, 4.69) is 0 Å². The van der Waals surface area contributed by atoms with E-state index in [4.69, 9.17) is 14.2 Å². The number of aliphatic hydroxyl groups excluding tert-OH is 2. The zero-order chi connectivity index (χ0) is 23.0. The molecule has 1 heterocycles. The molecule has 5 saturated carbocycles. The Morgan fingerprint density at radius 3 is 2.28 bits per heavy atom. The van der Waals surface area contributed by atoms with Crippen LogP contribution in [0.5, 0.6) is 0 Å². The van der Waals surface area contributed by atoms with Crippen LogP contribution in [0.15, 0.2) is 0 Å². The van der Waals surface area contributed by atoms with Gasteiger partial charge in [-0.2, -0.15) is 0 Å². The van der Waals surface area contributed by atoms with Crippen molar-refractivity contribution in [3.8, 4) is 0 Å². The van der Waals surface area contributed by atoms with E-state index in [0.717, 1.165) is 0 Å². The fraction of sp³-hybridized carbons (Fsp3) is 1.00. The minimum absolute atomic E-state index is 0.0153. The molecule has 9 heteroatoms. The number of nitrogens with zero attached hydrogens (tertiary/aromatic N) is 1. The van der Waals surface area contributed by atoms with Crippen molar-refractivity contribution in [2.75, 3.05) is 34.4 Å². The molecule has 9 nitrogen and oxygen atoms in total.